The van der Waals surface area contributed by atoms with Gasteiger partial charge in [-0.1, -0.05) is 6.07 Å². The Bertz CT molecular complexity index is 1110. The second-order valence-corrected chi connectivity index (χ2v) is 7.19. The van der Waals surface area contributed by atoms with Crippen molar-refractivity contribution in [1.82, 2.24) is 19.8 Å². The third kappa shape index (κ3) is 4.17. The average molecular weight is 406 g/mol. The Morgan fingerprint density at radius 3 is 2.33 bits per heavy atom. The zero-order chi connectivity index (χ0) is 21.1. The largest absolute Gasteiger partial charge is 0.427 e. The van der Waals surface area contributed by atoms with Crippen LogP contribution < -0.4 is 4.74 Å². The molecule has 1 fully saturated rings. The van der Waals surface area contributed by atoms with Gasteiger partial charge in [-0.25, -0.2) is 4.98 Å². The highest BCUT2D eigenvalue weighted by atomic mass is 16.5. The standard InChI is InChI=1S/C22H22N4O4/c1-15(27)30-18-5-2-4-16(12-18)21(28)25-8-3-9-26(11-10-25)22(29)17-6-7-19-20(13-17)24-14-23-19/h2,4-7,12-14H,3,8-11H2,1H3,(H,23,24). The predicted octanol–water partition coefficient (Wildman–Crippen LogP) is 2.48. The summed E-state index contributed by atoms with van der Waals surface area (Å²) in [6.45, 7) is 3.35. The second-order valence-electron chi connectivity index (χ2n) is 7.19. The first-order chi connectivity index (χ1) is 14.5. The van der Waals surface area contributed by atoms with Gasteiger partial charge in [0.15, 0.2) is 0 Å². The molecule has 0 spiro atoms. The average Bonchev–Trinajstić information content (AvgIpc) is 3.07. The number of nitrogens with zero attached hydrogens (tertiary/aromatic N) is 3. The maximum atomic E-state index is 13.0. The summed E-state index contributed by atoms with van der Waals surface area (Å²) < 4.78 is 5.07. The summed E-state index contributed by atoms with van der Waals surface area (Å²) in [6, 6.07) is 12.0. The van der Waals surface area contributed by atoms with E-state index in [1.807, 2.05) is 6.07 Å². The molecule has 8 nitrogen and oxygen atoms in total. The smallest absolute Gasteiger partial charge is 0.308 e. The van der Waals surface area contributed by atoms with Gasteiger partial charge in [0.05, 0.1) is 17.4 Å². The number of rotatable bonds is 3. The van der Waals surface area contributed by atoms with Crippen LogP contribution in [0.3, 0.4) is 0 Å². The number of amides is 2. The lowest BCUT2D eigenvalue weighted by molar-refractivity contribution is -0.131. The third-order valence-electron chi connectivity index (χ3n) is 5.08. The Labute approximate surface area is 173 Å². The third-order valence-corrected chi connectivity index (χ3v) is 5.08. The summed E-state index contributed by atoms with van der Waals surface area (Å²) in [5, 5.41) is 0. The first-order valence-corrected chi connectivity index (χ1v) is 9.81. The summed E-state index contributed by atoms with van der Waals surface area (Å²) >= 11 is 0. The molecule has 1 N–H and O–H groups in total. The van der Waals surface area contributed by atoms with E-state index < -0.39 is 5.97 Å². The Morgan fingerprint density at radius 2 is 1.63 bits per heavy atom. The first-order valence-electron chi connectivity index (χ1n) is 9.81. The van der Waals surface area contributed by atoms with Crippen molar-refractivity contribution in [3.63, 3.8) is 0 Å². The van der Waals surface area contributed by atoms with Gasteiger partial charge in [-0.05, 0) is 42.8 Å². The summed E-state index contributed by atoms with van der Waals surface area (Å²) in [5.74, 6) is -0.291. The number of fused-ring (bicyclic) bond motifs is 1. The van der Waals surface area contributed by atoms with Crippen LogP contribution >= 0.6 is 0 Å². The second kappa shape index (κ2) is 8.36. The molecular formula is C22H22N4O4. The van der Waals surface area contributed by atoms with Crippen molar-refractivity contribution in [3.8, 4) is 5.75 Å². The summed E-state index contributed by atoms with van der Waals surface area (Å²) in [7, 11) is 0. The number of imidazole rings is 1. The van der Waals surface area contributed by atoms with E-state index in [1.165, 1.54) is 6.92 Å². The fraction of sp³-hybridized carbons (Fsp3) is 0.273. The fourth-order valence-electron chi connectivity index (χ4n) is 3.62. The number of ether oxygens (including phenoxy) is 1. The molecule has 1 aliphatic rings. The highest BCUT2D eigenvalue weighted by Crippen LogP contribution is 2.18. The Morgan fingerprint density at radius 1 is 0.933 bits per heavy atom. The van der Waals surface area contributed by atoms with Crippen molar-refractivity contribution < 1.29 is 19.1 Å². The molecule has 2 amide bonds. The van der Waals surface area contributed by atoms with Crippen molar-refractivity contribution in [1.29, 1.82) is 0 Å². The molecular weight excluding hydrogens is 384 g/mol. The molecule has 154 valence electrons. The number of carbonyl (C=O) groups is 3. The Balaban J connectivity index is 1.44. The minimum absolute atomic E-state index is 0.0577. The van der Waals surface area contributed by atoms with Crippen LogP contribution in [0.1, 0.15) is 34.1 Å². The van der Waals surface area contributed by atoms with Gasteiger partial charge in [0, 0.05) is 44.2 Å². The molecule has 0 saturated carbocycles. The van der Waals surface area contributed by atoms with Crippen molar-refractivity contribution in [2.24, 2.45) is 0 Å². The van der Waals surface area contributed by atoms with E-state index >= 15 is 0 Å². The van der Waals surface area contributed by atoms with E-state index in [2.05, 4.69) is 9.97 Å². The topological polar surface area (TPSA) is 95.6 Å². The molecule has 30 heavy (non-hydrogen) atoms. The van der Waals surface area contributed by atoms with Gasteiger partial charge in [0.25, 0.3) is 11.8 Å². The molecule has 0 aliphatic carbocycles. The minimum atomic E-state index is -0.433. The van der Waals surface area contributed by atoms with E-state index in [9.17, 15) is 14.4 Å². The lowest BCUT2D eigenvalue weighted by atomic mass is 10.1. The first kappa shape index (κ1) is 19.6. The van der Waals surface area contributed by atoms with Crippen LogP contribution in [0, 0.1) is 0 Å². The lowest BCUT2D eigenvalue weighted by Crippen LogP contribution is -2.37. The van der Waals surface area contributed by atoms with Crippen LogP contribution in [0.25, 0.3) is 11.0 Å². The number of hydrogen-bond donors (Lipinski definition) is 1. The molecule has 2 aromatic carbocycles. The van der Waals surface area contributed by atoms with Crippen molar-refractivity contribution in [2.45, 2.75) is 13.3 Å². The van der Waals surface area contributed by atoms with Crippen molar-refractivity contribution >= 4 is 28.8 Å². The van der Waals surface area contributed by atoms with E-state index in [0.29, 0.717) is 49.5 Å². The minimum Gasteiger partial charge on any atom is -0.427 e. The van der Waals surface area contributed by atoms with Crippen LogP contribution in [-0.2, 0) is 4.79 Å². The van der Waals surface area contributed by atoms with Gasteiger partial charge < -0.3 is 19.5 Å². The van der Waals surface area contributed by atoms with Crippen LogP contribution in [0.4, 0.5) is 0 Å². The van der Waals surface area contributed by atoms with Gasteiger partial charge in [-0.3, -0.25) is 14.4 Å². The van der Waals surface area contributed by atoms with E-state index in [4.69, 9.17) is 4.74 Å². The Kier molecular flexibility index (Phi) is 5.47. The summed E-state index contributed by atoms with van der Waals surface area (Å²) in [4.78, 5) is 47.7. The van der Waals surface area contributed by atoms with E-state index in [0.717, 1.165) is 11.0 Å². The van der Waals surface area contributed by atoms with Gasteiger partial charge >= 0.3 is 5.97 Å². The number of nitrogens with one attached hydrogen (secondary N) is 1. The Hall–Kier alpha value is -3.68. The zero-order valence-electron chi connectivity index (χ0n) is 16.6. The SMILES string of the molecule is CC(=O)Oc1cccc(C(=O)N2CCCN(C(=O)c3ccc4nc[nH]c4c3)CC2)c1. The number of esters is 1. The van der Waals surface area contributed by atoms with Gasteiger partial charge in [0.2, 0.25) is 0 Å². The maximum Gasteiger partial charge on any atom is 0.308 e. The van der Waals surface area contributed by atoms with Gasteiger partial charge in [-0.2, -0.15) is 0 Å². The van der Waals surface area contributed by atoms with Crippen LogP contribution in [0.15, 0.2) is 48.8 Å². The molecule has 1 saturated heterocycles. The molecule has 1 aromatic heterocycles. The molecule has 1 aliphatic heterocycles. The number of hydrogen-bond acceptors (Lipinski definition) is 5. The monoisotopic (exact) mass is 406 g/mol. The molecule has 4 rings (SSSR count). The van der Waals surface area contributed by atoms with Crippen molar-refractivity contribution in [2.75, 3.05) is 26.2 Å². The van der Waals surface area contributed by atoms with E-state index in [1.54, 1.807) is 52.5 Å². The number of H-pyrrole nitrogens is 1. The highest BCUT2D eigenvalue weighted by molar-refractivity contribution is 5.97. The van der Waals surface area contributed by atoms with Gasteiger partial charge in [0.1, 0.15) is 5.75 Å². The maximum absolute atomic E-state index is 13.0. The molecule has 0 unspecified atom stereocenters. The zero-order valence-corrected chi connectivity index (χ0v) is 16.6. The number of aromatic nitrogens is 2. The van der Waals surface area contributed by atoms with Crippen molar-refractivity contribution in [3.05, 3.63) is 59.9 Å². The molecule has 8 heteroatoms. The van der Waals surface area contributed by atoms with E-state index in [-0.39, 0.29) is 11.8 Å². The van der Waals surface area contributed by atoms with Crippen LogP contribution in [0.2, 0.25) is 0 Å². The molecule has 0 atom stereocenters. The number of aromatic amines is 1. The number of carbonyl (C=O) groups excluding carboxylic acids is 3. The molecule has 3 aromatic rings. The number of benzene rings is 2. The molecule has 0 bridgehead atoms. The predicted molar refractivity (Wildman–Crippen MR) is 110 cm³/mol. The molecule has 2 heterocycles. The normalized spacial score (nSPS) is 14.4. The van der Waals surface area contributed by atoms with Crippen LogP contribution in [0.5, 0.6) is 5.75 Å². The highest BCUT2D eigenvalue weighted by Gasteiger charge is 2.24. The van der Waals surface area contributed by atoms with Gasteiger partial charge in [-0.15, -0.1) is 0 Å². The van der Waals surface area contributed by atoms with Crippen LogP contribution in [-0.4, -0.2) is 63.7 Å². The molecule has 0 radical (unpaired) electrons. The fourth-order valence-corrected chi connectivity index (χ4v) is 3.62. The summed E-state index contributed by atoms with van der Waals surface area (Å²) in [6.07, 6.45) is 2.29. The quantitative estimate of drug-likeness (QED) is 0.533. The summed E-state index contributed by atoms with van der Waals surface area (Å²) in [5.41, 5.74) is 2.69. The lowest BCUT2D eigenvalue weighted by Gasteiger charge is -2.22.